The van der Waals surface area contributed by atoms with Gasteiger partial charge in [-0.15, -0.1) is 0 Å². The minimum atomic E-state index is -0.372. The largest absolute Gasteiger partial charge is 0.423 e. The van der Waals surface area contributed by atoms with Gasteiger partial charge in [0.1, 0.15) is 16.9 Å². The number of nitrogens with zero attached hydrogens (tertiary/aromatic N) is 2. The fourth-order valence-corrected chi connectivity index (χ4v) is 2.20. The maximum atomic E-state index is 13.1. The lowest BCUT2D eigenvalue weighted by Crippen LogP contribution is -1.95. The van der Waals surface area contributed by atoms with Gasteiger partial charge in [-0.3, -0.25) is 5.32 Å². The van der Waals surface area contributed by atoms with Crippen molar-refractivity contribution in [3.63, 3.8) is 0 Å². The molecule has 7 heteroatoms. The highest BCUT2D eigenvalue weighted by atomic mass is 19.1. The van der Waals surface area contributed by atoms with Crippen LogP contribution >= 0.6 is 0 Å². The zero-order valence-electron chi connectivity index (χ0n) is 11.3. The third kappa shape index (κ3) is 2.17. The zero-order chi connectivity index (χ0) is 15.1. The van der Waals surface area contributed by atoms with Gasteiger partial charge < -0.3 is 14.6 Å². The number of benzene rings is 2. The first-order chi connectivity index (χ1) is 10.7. The second-order valence-electron chi connectivity index (χ2n) is 4.78. The Balaban J connectivity index is 1.69. The van der Waals surface area contributed by atoms with Crippen molar-refractivity contribution in [1.82, 2.24) is 9.97 Å². The smallest absolute Gasteiger partial charge is 0.303 e. The third-order valence-electron chi connectivity index (χ3n) is 3.25. The van der Waals surface area contributed by atoms with Gasteiger partial charge in [-0.1, -0.05) is 6.07 Å². The van der Waals surface area contributed by atoms with Gasteiger partial charge >= 0.3 is 12.0 Å². The van der Waals surface area contributed by atoms with E-state index in [0.29, 0.717) is 28.7 Å². The van der Waals surface area contributed by atoms with E-state index < -0.39 is 0 Å². The number of hydrogen-bond donors (Lipinski definition) is 2. The normalized spacial score (nSPS) is 11.4. The predicted molar refractivity (Wildman–Crippen MR) is 79.2 cm³/mol. The van der Waals surface area contributed by atoms with Gasteiger partial charge in [0.2, 0.25) is 0 Å². The standard InChI is InChI=1S/C15H11FN4O2/c16-9-2-4-13-11(6-9)19-15(22-13)20-14-18-10-5-8(7-17)1-3-12(10)21-14/h1-6H,7,17H2,(H,18,19,20). The molecule has 0 aliphatic rings. The summed E-state index contributed by atoms with van der Waals surface area (Å²) >= 11 is 0. The SMILES string of the molecule is NCc1ccc2oc(Nc3nc4cc(F)ccc4o3)nc2c1. The molecule has 0 saturated carbocycles. The average Bonchev–Trinajstić information content (AvgIpc) is 3.08. The number of oxazole rings is 2. The van der Waals surface area contributed by atoms with E-state index in [4.69, 9.17) is 14.6 Å². The van der Waals surface area contributed by atoms with Crippen LogP contribution in [0.3, 0.4) is 0 Å². The maximum Gasteiger partial charge on any atom is 0.303 e. The molecule has 0 fully saturated rings. The molecule has 2 aromatic heterocycles. The highest BCUT2D eigenvalue weighted by molar-refractivity contribution is 5.77. The number of fused-ring (bicyclic) bond motifs is 2. The van der Waals surface area contributed by atoms with Gasteiger partial charge in [-0.05, 0) is 29.8 Å². The number of nitrogens with one attached hydrogen (secondary N) is 1. The van der Waals surface area contributed by atoms with Crippen LogP contribution in [0, 0.1) is 5.82 Å². The molecule has 3 N–H and O–H groups in total. The summed E-state index contributed by atoms with van der Waals surface area (Å²) in [5, 5.41) is 2.83. The molecule has 22 heavy (non-hydrogen) atoms. The number of anilines is 2. The van der Waals surface area contributed by atoms with Gasteiger partial charge in [0.05, 0.1) is 0 Å². The quantitative estimate of drug-likeness (QED) is 0.603. The van der Waals surface area contributed by atoms with E-state index in [2.05, 4.69) is 15.3 Å². The van der Waals surface area contributed by atoms with E-state index in [1.54, 1.807) is 6.07 Å². The summed E-state index contributed by atoms with van der Waals surface area (Å²) in [5.41, 5.74) is 8.77. The summed E-state index contributed by atoms with van der Waals surface area (Å²) in [5.74, 6) is -0.372. The molecule has 0 radical (unpaired) electrons. The molecular formula is C15H11FN4O2. The molecule has 0 aliphatic heterocycles. The number of rotatable bonds is 3. The Morgan fingerprint density at radius 3 is 2.27 bits per heavy atom. The van der Waals surface area contributed by atoms with E-state index in [1.807, 2.05) is 12.1 Å². The van der Waals surface area contributed by atoms with Crippen LogP contribution in [-0.2, 0) is 6.54 Å². The summed E-state index contributed by atoms with van der Waals surface area (Å²) in [6.07, 6.45) is 0. The highest BCUT2D eigenvalue weighted by Crippen LogP contribution is 2.25. The van der Waals surface area contributed by atoms with Crippen LogP contribution in [0.4, 0.5) is 16.4 Å². The minimum Gasteiger partial charge on any atom is -0.423 e. The van der Waals surface area contributed by atoms with Gasteiger partial charge in [0.25, 0.3) is 0 Å². The molecule has 0 atom stereocenters. The molecule has 0 bridgehead atoms. The molecule has 0 saturated heterocycles. The van der Waals surface area contributed by atoms with Crippen LogP contribution in [0.2, 0.25) is 0 Å². The maximum absolute atomic E-state index is 13.1. The van der Waals surface area contributed by atoms with Gasteiger partial charge in [-0.2, -0.15) is 9.97 Å². The second kappa shape index (κ2) is 4.81. The Morgan fingerprint density at radius 1 is 0.955 bits per heavy atom. The Kier molecular flexibility index (Phi) is 2.80. The highest BCUT2D eigenvalue weighted by Gasteiger charge is 2.11. The van der Waals surface area contributed by atoms with E-state index in [1.165, 1.54) is 18.2 Å². The molecular weight excluding hydrogens is 287 g/mol. The van der Waals surface area contributed by atoms with Crippen LogP contribution in [0.25, 0.3) is 22.2 Å². The molecule has 2 aromatic carbocycles. The first-order valence-corrected chi connectivity index (χ1v) is 6.64. The molecule has 0 spiro atoms. The minimum absolute atomic E-state index is 0.186. The molecule has 0 unspecified atom stereocenters. The lowest BCUT2D eigenvalue weighted by Gasteiger charge is -1.92. The number of hydrogen-bond acceptors (Lipinski definition) is 6. The lowest BCUT2D eigenvalue weighted by atomic mass is 10.2. The molecule has 0 amide bonds. The molecule has 0 aliphatic carbocycles. The predicted octanol–water partition coefficient (Wildman–Crippen LogP) is 3.31. The Hall–Kier alpha value is -2.93. The monoisotopic (exact) mass is 298 g/mol. The van der Waals surface area contributed by atoms with Crippen molar-refractivity contribution in [2.75, 3.05) is 5.32 Å². The van der Waals surface area contributed by atoms with Crippen molar-refractivity contribution >= 4 is 34.2 Å². The lowest BCUT2D eigenvalue weighted by molar-refractivity contribution is 0.590. The molecule has 4 rings (SSSR count). The fraction of sp³-hybridized carbons (Fsp3) is 0.0667. The Bertz CT molecular complexity index is 976. The molecule has 4 aromatic rings. The van der Waals surface area contributed by atoms with Crippen LogP contribution in [0.1, 0.15) is 5.56 Å². The number of nitrogens with two attached hydrogens (primary N) is 1. The molecule has 110 valence electrons. The third-order valence-corrected chi connectivity index (χ3v) is 3.25. The van der Waals surface area contributed by atoms with Crippen molar-refractivity contribution in [3.8, 4) is 0 Å². The molecule has 6 nitrogen and oxygen atoms in total. The van der Waals surface area contributed by atoms with Crippen molar-refractivity contribution in [2.24, 2.45) is 5.73 Å². The van der Waals surface area contributed by atoms with E-state index in [-0.39, 0.29) is 17.8 Å². The summed E-state index contributed by atoms with van der Waals surface area (Å²) in [6, 6.07) is 10.1. The fourth-order valence-electron chi connectivity index (χ4n) is 2.20. The summed E-state index contributed by atoms with van der Waals surface area (Å²) in [7, 11) is 0. The van der Waals surface area contributed by atoms with Crippen molar-refractivity contribution in [1.29, 1.82) is 0 Å². The molecule has 2 heterocycles. The summed E-state index contributed by atoms with van der Waals surface area (Å²) in [4.78, 5) is 8.43. The zero-order valence-corrected chi connectivity index (χ0v) is 11.3. The van der Waals surface area contributed by atoms with Gasteiger partial charge in [0, 0.05) is 12.6 Å². The van der Waals surface area contributed by atoms with E-state index in [0.717, 1.165) is 5.56 Å². The Labute approximate surface area is 123 Å². The topological polar surface area (TPSA) is 90.1 Å². The summed E-state index contributed by atoms with van der Waals surface area (Å²) in [6.45, 7) is 0.433. The van der Waals surface area contributed by atoms with Crippen molar-refractivity contribution < 1.29 is 13.2 Å². The van der Waals surface area contributed by atoms with Crippen molar-refractivity contribution in [3.05, 3.63) is 47.8 Å². The summed E-state index contributed by atoms with van der Waals surface area (Å²) < 4.78 is 24.2. The van der Waals surface area contributed by atoms with Crippen LogP contribution < -0.4 is 11.1 Å². The van der Waals surface area contributed by atoms with Gasteiger partial charge in [-0.25, -0.2) is 4.39 Å². The first-order valence-electron chi connectivity index (χ1n) is 6.64. The average molecular weight is 298 g/mol. The van der Waals surface area contributed by atoms with Crippen LogP contribution in [0.15, 0.2) is 45.2 Å². The number of aromatic nitrogens is 2. The van der Waals surface area contributed by atoms with Crippen LogP contribution in [-0.4, -0.2) is 9.97 Å². The number of halogens is 1. The van der Waals surface area contributed by atoms with E-state index in [9.17, 15) is 4.39 Å². The Morgan fingerprint density at radius 2 is 1.59 bits per heavy atom. The van der Waals surface area contributed by atoms with Crippen molar-refractivity contribution in [2.45, 2.75) is 6.54 Å². The van der Waals surface area contributed by atoms with Crippen LogP contribution in [0.5, 0.6) is 0 Å². The van der Waals surface area contributed by atoms with E-state index >= 15 is 0 Å². The second-order valence-corrected chi connectivity index (χ2v) is 4.78. The van der Waals surface area contributed by atoms with Gasteiger partial charge in [0.15, 0.2) is 11.2 Å². The first kappa shape index (κ1) is 12.8.